The fourth-order valence-electron chi connectivity index (χ4n) is 2.32. The van der Waals surface area contributed by atoms with Crippen LogP contribution in [0.25, 0.3) is 0 Å². The Balaban J connectivity index is 1.69. The minimum atomic E-state index is -0.531. The number of carbonyl (C=O) groups excluding carboxylic acids is 2. The van der Waals surface area contributed by atoms with E-state index in [1.165, 1.54) is 23.9 Å². The summed E-state index contributed by atoms with van der Waals surface area (Å²) in [7, 11) is 0. The van der Waals surface area contributed by atoms with Crippen LogP contribution in [0.4, 0.5) is 15.8 Å². The minimum absolute atomic E-state index is 0.0157. The molecule has 0 saturated heterocycles. The molecule has 1 unspecified atom stereocenters. The van der Waals surface area contributed by atoms with Gasteiger partial charge in [-0.1, -0.05) is 18.2 Å². The Labute approximate surface area is 137 Å². The van der Waals surface area contributed by atoms with E-state index in [2.05, 4.69) is 10.6 Å². The molecule has 0 radical (unpaired) electrons. The maximum absolute atomic E-state index is 13.5. The van der Waals surface area contributed by atoms with Gasteiger partial charge in [-0.2, -0.15) is 0 Å². The second-order valence-corrected chi connectivity index (χ2v) is 6.57. The fraction of sp³-hybridized carbons (Fsp3) is 0.176. The van der Waals surface area contributed by atoms with Gasteiger partial charge >= 0.3 is 0 Å². The largest absolute Gasteiger partial charge is 0.324 e. The normalized spacial score (nSPS) is 16.4. The summed E-state index contributed by atoms with van der Waals surface area (Å²) in [6.45, 7) is 1.97. The quantitative estimate of drug-likeness (QED) is 0.904. The molecule has 0 fully saturated rings. The van der Waals surface area contributed by atoms with Crippen molar-refractivity contribution in [1.82, 2.24) is 0 Å². The summed E-state index contributed by atoms with van der Waals surface area (Å²) in [5, 5.41) is 4.78. The molecule has 1 aliphatic heterocycles. The van der Waals surface area contributed by atoms with Gasteiger partial charge in [0.15, 0.2) is 0 Å². The molecule has 0 saturated carbocycles. The first-order chi connectivity index (χ1) is 11.0. The third kappa shape index (κ3) is 3.53. The first-order valence-electron chi connectivity index (χ1n) is 7.15. The Morgan fingerprint density at radius 3 is 2.87 bits per heavy atom. The molecular formula is C17H15FN2O2S. The molecular weight excluding hydrogens is 315 g/mol. The summed E-state index contributed by atoms with van der Waals surface area (Å²) < 4.78 is 13.5. The van der Waals surface area contributed by atoms with E-state index in [0.717, 1.165) is 16.1 Å². The van der Waals surface area contributed by atoms with Crippen LogP contribution in [0.5, 0.6) is 0 Å². The molecule has 1 atom stereocenters. The van der Waals surface area contributed by atoms with Crippen molar-refractivity contribution in [2.45, 2.75) is 23.5 Å². The molecule has 2 aromatic carbocycles. The third-order valence-electron chi connectivity index (χ3n) is 3.48. The summed E-state index contributed by atoms with van der Waals surface area (Å²) in [6, 6.07) is 11.7. The number of benzene rings is 2. The number of halogens is 1. The highest BCUT2D eigenvalue weighted by Gasteiger charge is 2.29. The van der Waals surface area contributed by atoms with Crippen LogP contribution in [-0.4, -0.2) is 17.1 Å². The van der Waals surface area contributed by atoms with Gasteiger partial charge in [-0.05, 0) is 36.8 Å². The summed E-state index contributed by atoms with van der Waals surface area (Å²) in [4.78, 5) is 25.1. The van der Waals surface area contributed by atoms with E-state index >= 15 is 0 Å². The van der Waals surface area contributed by atoms with E-state index in [1.807, 2.05) is 25.1 Å². The van der Waals surface area contributed by atoms with Crippen LogP contribution in [0.2, 0.25) is 0 Å². The van der Waals surface area contributed by atoms with Gasteiger partial charge < -0.3 is 10.6 Å². The Hall–Kier alpha value is -2.34. The molecule has 1 aliphatic rings. The lowest BCUT2D eigenvalue weighted by atomic mass is 10.2. The van der Waals surface area contributed by atoms with Crippen molar-refractivity contribution in [3.63, 3.8) is 0 Å². The summed E-state index contributed by atoms with van der Waals surface area (Å²) >= 11 is 1.36. The number of fused-ring (bicyclic) bond motifs is 1. The minimum Gasteiger partial charge on any atom is -0.324 e. The standard InChI is InChI=1S/C17H15FN2O2S/c1-10-6-7-13-14(8-10)23-15(17(22)20-13)9-16(21)19-12-5-3-2-4-11(12)18/h2-8,15H,9H2,1H3,(H,19,21)(H,20,22). The van der Waals surface area contributed by atoms with Crippen molar-refractivity contribution < 1.29 is 14.0 Å². The van der Waals surface area contributed by atoms with Gasteiger partial charge in [0.1, 0.15) is 5.82 Å². The van der Waals surface area contributed by atoms with Crippen LogP contribution in [0.15, 0.2) is 47.4 Å². The third-order valence-corrected chi connectivity index (χ3v) is 4.73. The van der Waals surface area contributed by atoms with Crippen molar-refractivity contribution in [2.75, 3.05) is 10.6 Å². The molecule has 6 heteroatoms. The predicted octanol–water partition coefficient (Wildman–Crippen LogP) is 3.58. The lowest BCUT2D eigenvalue weighted by Gasteiger charge is -2.24. The van der Waals surface area contributed by atoms with E-state index < -0.39 is 11.1 Å². The second-order valence-electron chi connectivity index (χ2n) is 5.33. The Morgan fingerprint density at radius 1 is 1.30 bits per heavy atom. The van der Waals surface area contributed by atoms with E-state index in [-0.39, 0.29) is 23.9 Å². The van der Waals surface area contributed by atoms with Crippen molar-refractivity contribution in [3.8, 4) is 0 Å². The van der Waals surface area contributed by atoms with Crippen LogP contribution < -0.4 is 10.6 Å². The molecule has 2 amide bonds. The number of hydrogen-bond acceptors (Lipinski definition) is 3. The zero-order valence-electron chi connectivity index (χ0n) is 12.4. The van der Waals surface area contributed by atoms with Crippen molar-refractivity contribution in [2.24, 2.45) is 0 Å². The Bertz CT molecular complexity index is 779. The van der Waals surface area contributed by atoms with Crippen LogP contribution in [0.1, 0.15) is 12.0 Å². The number of nitrogens with one attached hydrogen (secondary N) is 2. The van der Waals surface area contributed by atoms with Gasteiger partial charge in [0.2, 0.25) is 11.8 Å². The van der Waals surface area contributed by atoms with Gasteiger partial charge in [0, 0.05) is 11.3 Å². The maximum Gasteiger partial charge on any atom is 0.238 e. The average Bonchev–Trinajstić information content (AvgIpc) is 2.51. The topological polar surface area (TPSA) is 58.2 Å². The highest BCUT2D eigenvalue weighted by molar-refractivity contribution is 8.01. The lowest BCUT2D eigenvalue weighted by molar-refractivity contribution is -0.120. The number of aryl methyl sites for hydroxylation is 1. The molecule has 23 heavy (non-hydrogen) atoms. The molecule has 2 N–H and O–H groups in total. The van der Waals surface area contributed by atoms with Crippen LogP contribution in [0, 0.1) is 12.7 Å². The molecule has 118 valence electrons. The number of hydrogen-bond donors (Lipinski definition) is 2. The van der Waals surface area contributed by atoms with E-state index in [9.17, 15) is 14.0 Å². The first kappa shape index (κ1) is 15.6. The second kappa shape index (κ2) is 6.42. The summed E-state index contributed by atoms with van der Waals surface area (Å²) in [5.41, 5.74) is 1.97. The zero-order valence-corrected chi connectivity index (χ0v) is 13.2. The van der Waals surface area contributed by atoms with Crippen molar-refractivity contribution >= 4 is 35.0 Å². The molecule has 0 aromatic heterocycles. The SMILES string of the molecule is Cc1ccc2c(c1)SC(CC(=O)Nc1ccccc1F)C(=O)N2. The van der Waals surface area contributed by atoms with Crippen molar-refractivity contribution in [3.05, 3.63) is 53.8 Å². The summed E-state index contributed by atoms with van der Waals surface area (Å²) in [5.74, 6) is -1.10. The number of amides is 2. The highest BCUT2D eigenvalue weighted by Crippen LogP contribution is 2.37. The zero-order chi connectivity index (χ0) is 16.4. The van der Waals surface area contributed by atoms with Crippen LogP contribution in [-0.2, 0) is 9.59 Å². The highest BCUT2D eigenvalue weighted by atomic mass is 32.2. The molecule has 4 nitrogen and oxygen atoms in total. The molecule has 2 aromatic rings. The average molecular weight is 330 g/mol. The van der Waals surface area contributed by atoms with Gasteiger partial charge in [-0.25, -0.2) is 4.39 Å². The van der Waals surface area contributed by atoms with Crippen LogP contribution in [0.3, 0.4) is 0 Å². The van der Waals surface area contributed by atoms with Gasteiger partial charge in [0.25, 0.3) is 0 Å². The number of carbonyl (C=O) groups is 2. The smallest absolute Gasteiger partial charge is 0.238 e. The molecule has 1 heterocycles. The van der Waals surface area contributed by atoms with E-state index in [1.54, 1.807) is 12.1 Å². The first-order valence-corrected chi connectivity index (χ1v) is 8.03. The molecule has 0 bridgehead atoms. The molecule has 3 rings (SSSR count). The van der Waals surface area contributed by atoms with E-state index in [0.29, 0.717) is 0 Å². The lowest BCUT2D eigenvalue weighted by Crippen LogP contribution is -2.32. The van der Waals surface area contributed by atoms with Gasteiger partial charge in [-0.15, -0.1) is 11.8 Å². The number of rotatable bonds is 3. The van der Waals surface area contributed by atoms with Crippen molar-refractivity contribution in [1.29, 1.82) is 0 Å². The monoisotopic (exact) mass is 330 g/mol. The maximum atomic E-state index is 13.5. The fourth-order valence-corrected chi connectivity index (χ4v) is 3.52. The van der Waals surface area contributed by atoms with E-state index in [4.69, 9.17) is 0 Å². The number of thioether (sulfide) groups is 1. The molecule has 0 aliphatic carbocycles. The Morgan fingerprint density at radius 2 is 2.09 bits per heavy atom. The number of anilines is 2. The molecule has 0 spiro atoms. The Kier molecular flexibility index (Phi) is 4.34. The predicted molar refractivity (Wildman–Crippen MR) is 89.1 cm³/mol. The number of para-hydroxylation sites is 1. The van der Waals surface area contributed by atoms with Crippen LogP contribution >= 0.6 is 11.8 Å². The van der Waals surface area contributed by atoms with Gasteiger partial charge in [-0.3, -0.25) is 9.59 Å². The van der Waals surface area contributed by atoms with Gasteiger partial charge in [0.05, 0.1) is 16.6 Å². The summed E-state index contributed by atoms with van der Waals surface area (Å²) in [6.07, 6.45) is -0.0157.